The van der Waals surface area contributed by atoms with Crippen LogP contribution in [0.15, 0.2) is 5.38 Å². The molecular formula is C10H18N2OS. The molecule has 0 saturated carbocycles. The number of hydrogen-bond acceptors (Lipinski definition) is 4. The van der Waals surface area contributed by atoms with Gasteiger partial charge < -0.3 is 10.5 Å². The molecular weight excluding hydrogens is 196 g/mol. The van der Waals surface area contributed by atoms with Crippen molar-refractivity contribution in [1.82, 2.24) is 4.98 Å². The summed E-state index contributed by atoms with van der Waals surface area (Å²) in [5.74, 6) is 0. The number of ether oxygens (including phenoxy) is 1. The normalized spacial score (nSPS) is 14.4. The first-order chi connectivity index (χ1) is 6.45. The molecule has 14 heavy (non-hydrogen) atoms. The molecule has 1 atom stereocenters. The number of aryl methyl sites for hydroxylation is 1. The fourth-order valence-electron chi connectivity index (χ4n) is 1.12. The molecule has 0 amide bonds. The second kappa shape index (κ2) is 4.38. The molecule has 0 aliphatic carbocycles. The Morgan fingerprint density at radius 2 is 2.29 bits per heavy atom. The molecule has 0 aliphatic heterocycles. The average Bonchev–Trinajstić information content (AvgIpc) is 2.51. The van der Waals surface area contributed by atoms with Gasteiger partial charge in [0.15, 0.2) is 0 Å². The van der Waals surface area contributed by atoms with Crippen molar-refractivity contribution in [3.05, 3.63) is 16.1 Å². The summed E-state index contributed by atoms with van der Waals surface area (Å²) >= 11 is 1.66. The third-order valence-corrected chi connectivity index (χ3v) is 3.34. The van der Waals surface area contributed by atoms with Crippen molar-refractivity contribution in [2.45, 2.75) is 38.8 Å². The Bertz CT molecular complexity index is 296. The molecule has 3 nitrogen and oxygen atoms in total. The summed E-state index contributed by atoms with van der Waals surface area (Å²) in [5, 5.41) is 3.14. The third-order valence-electron chi connectivity index (χ3n) is 2.51. The second-order valence-electron chi connectivity index (χ2n) is 3.98. The number of nitrogens with two attached hydrogens (primary N) is 1. The summed E-state index contributed by atoms with van der Waals surface area (Å²) in [6.07, 6.45) is 0.769. The van der Waals surface area contributed by atoms with E-state index in [-0.39, 0.29) is 11.6 Å². The van der Waals surface area contributed by atoms with E-state index in [4.69, 9.17) is 10.5 Å². The third kappa shape index (κ3) is 2.77. The maximum atomic E-state index is 6.04. The molecule has 1 aromatic rings. The summed E-state index contributed by atoms with van der Waals surface area (Å²) in [7, 11) is 1.69. The first-order valence-corrected chi connectivity index (χ1v) is 5.55. The van der Waals surface area contributed by atoms with Gasteiger partial charge in [-0.25, -0.2) is 4.98 Å². The van der Waals surface area contributed by atoms with Gasteiger partial charge in [-0.05, 0) is 20.8 Å². The van der Waals surface area contributed by atoms with Crippen molar-refractivity contribution in [3.8, 4) is 0 Å². The lowest BCUT2D eigenvalue weighted by Crippen LogP contribution is -2.46. The predicted molar refractivity (Wildman–Crippen MR) is 59.6 cm³/mol. The van der Waals surface area contributed by atoms with Gasteiger partial charge in [0.25, 0.3) is 0 Å². The maximum Gasteiger partial charge on any atom is 0.0897 e. The van der Waals surface area contributed by atoms with Crippen molar-refractivity contribution in [2.24, 2.45) is 5.73 Å². The fourth-order valence-corrected chi connectivity index (χ4v) is 1.75. The molecule has 0 fully saturated rings. The number of rotatable bonds is 4. The zero-order chi connectivity index (χ0) is 10.8. The van der Waals surface area contributed by atoms with Gasteiger partial charge in [-0.15, -0.1) is 11.3 Å². The number of thiazole rings is 1. The van der Waals surface area contributed by atoms with Crippen LogP contribution in [0.1, 0.15) is 24.5 Å². The number of aromatic nitrogens is 1. The van der Waals surface area contributed by atoms with E-state index in [9.17, 15) is 0 Å². The lowest BCUT2D eigenvalue weighted by atomic mass is 9.95. The van der Waals surface area contributed by atoms with Gasteiger partial charge in [0.1, 0.15) is 0 Å². The van der Waals surface area contributed by atoms with Crippen LogP contribution in [0.3, 0.4) is 0 Å². The van der Waals surface area contributed by atoms with E-state index < -0.39 is 0 Å². The highest BCUT2D eigenvalue weighted by molar-refractivity contribution is 7.09. The number of hydrogen-bond donors (Lipinski definition) is 1. The topological polar surface area (TPSA) is 48.1 Å². The molecule has 0 radical (unpaired) electrons. The van der Waals surface area contributed by atoms with E-state index in [1.807, 2.05) is 20.8 Å². The Morgan fingerprint density at radius 1 is 1.64 bits per heavy atom. The molecule has 0 aromatic carbocycles. The molecule has 1 aromatic heterocycles. The minimum atomic E-state index is -0.294. The molecule has 2 N–H and O–H groups in total. The Balaban J connectivity index is 2.61. The van der Waals surface area contributed by atoms with Gasteiger partial charge in [0.05, 0.1) is 16.3 Å². The molecule has 4 heteroatoms. The Hall–Kier alpha value is -0.450. The monoisotopic (exact) mass is 214 g/mol. The van der Waals surface area contributed by atoms with Crippen LogP contribution < -0.4 is 5.73 Å². The SMILES string of the molecule is COC(C)(C)C(N)Cc1csc(C)n1. The minimum Gasteiger partial charge on any atom is -0.377 e. The minimum absolute atomic E-state index is 0.0194. The first kappa shape index (κ1) is 11.6. The van der Waals surface area contributed by atoms with E-state index in [0.717, 1.165) is 17.1 Å². The molecule has 0 aliphatic rings. The quantitative estimate of drug-likeness (QED) is 0.830. The van der Waals surface area contributed by atoms with Crippen LogP contribution in [-0.4, -0.2) is 23.7 Å². The van der Waals surface area contributed by atoms with E-state index in [1.165, 1.54) is 0 Å². The number of methoxy groups -OCH3 is 1. The van der Waals surface area contributed by atoms with E-state index >= 15 is 0 Å². The number of nitrogens with zero attached hydrogens (tertiary/aromatic N) is 1. The lowest BCUT2D eigenvalue weighted by Gasteiger charge is -2.29. The van der Waals surface area contributed by atoms with Gasteiger partial charge in [0, 0.05) is 25.0 Å². The summed E-state index contributed by atoms with van der Waals surface area (Å²) in [4.78, 5) is 4.38. The Kier molecular flexibility index (Phi) is 3.64. The molecule has 0 saturated heterocycles. The molecule has 0 bridgehead atoms. The van der Waals surface area contributed by atoms with Crippen LogP contribution in [0.2, 0.25) is 0 Å². The summed E-state index contributed by atoms with van der Waals surface area (Å²) in [6.45, 7) is 5.99. The van der Waals surface area contributed by atoms with Gasteiger partial charge in [-0.3, -0.25) is 0 Å². The van der Waals surface area contributed by atoms with Gasteiger partial charge in [-0.2, -0.15) is 0 Å². The van der Waals surface area contributed by atoms with Crippen molar-refractivity contribution < 1.29 is 4.74 Å². The van der Waals surface area contributed by atoms with E-state index in [0.29, 0.717) is 0 Å². The Labute approximate surface area is 89.3 Å². The lowest BCUT2D eigenvalue weighted by molar-refractivity contribution is 0.000605. The standard InChI is InChI=1S/C10H18N2OS/c1-7-12-8(6-14-7)5-9(11)10(2,3)13-4/h6,9H,5,11H2,1-4H3. The largest absolute Gasteiger partial charge is 0.377 e. The van der Waals surface area contributed by atoms with Crippen molar-refractivity contribution in [1.29, 1.82) is 0 Å². The summed E-state index contributed by atoms with van der Waals surface area (Å²) in [6, 6.07) is -0.0194. The maximum absolute atomic E-state index is 6.04. The molecule has 1 rings (SSSR count). The highest BCUT2D eigenvalue weighted by Crippen LogP contribution is 2.17. The smallest absolute Gasteiger partial charge is 0.0897 e. The molecule has 0 spiro atoms. The van der Waals surface area contributed by atoms with Gasteiger partial charge >= 0.3 is 0 Å². The van der Waals surface area contributed by atoms with E-state index in [1.54, 1.807) is 18.4 Å². The molecule has 80 valence electrons. The van der Waals surface area contributed by atoms with Crippen LogP contribution in [0.4, 0.5) is 0 Å². The van der Waals surface area contributed by atoms with Crippen LogP contribution >= 0.6 is 11.3 Å². The highest BCUT2D eigenvalue weighted by atomic mass is 32.1. The van der Waals surface area contributed by atoms with Crippen molar-refractivity contribution in [3.63, 3.8) is 0 Å². The molecule has 1 heterocycles. The summed E-state index contributed by atoms with van der Waals surface area (Å²) in [5.41, 5.74) is 6.81. The van der Waals surface area contributed by atoms with Crippen LogP contribution in [0, 0.1) is 6.92 Å². The zero-order valence-corrected chi connectivity index (χ0v) is 10.0. The first-order valence-electron chi connectivity index (χ1n) is 4.67. The Morgan fingerprint density at radius 3 is 2.71 bits per heavy atom. The molecule has 1 unspecified atom stereocenters. The van der Waals surface area contributed by atoms with Crippen molar-refractivity contribution in [2.75, 3.05) is 7.11 Å². The zero-order valence-electron chi connectivity index (χ0n) is 9.20. The second-order valence-corrected chi connectivity index (χ2v) is 5.04. The van der Waals surface area contributed by atoms with Crippen LogP contribution in [-0.2, 0) is 11.2 Å². The highest BCUT2D eigenvalue weighted by Gasteiger charge is 2.26. The van der Waals surface area contributed by atoms with Gasteiger partial charge in [-0.1, -0.05) is 0 Å². The predicted octanol–water partition coefficient (Wildman–Crippen LogP) is 1.75. The van der Waals surface area contributed by atoms with Crippen LogP contribution in [0.5, 0.6) is 0 Å². The summed E-state index contributed by atoms with van der Waals surface area (Å²) < 4.78 is 5.33. The fraction of sp³-hybridized carbons (Fsp3) is 0.700. The average molecular weight is 214 g/mol. The van der Waals surface area contributed by atoms with Crippen molar-refractivity contribution >= 4 is 11.3 Å². The van der Waals surface area contributed by atoms with Gasteiger partial charge in [0.2, 0.25) is 0 Å². The van der Waals surface area contributed by atoms with Crippen LogP contribution in [0.25, 0.3) is 0 Å². The van der Waals surface area contributed by atoms with E-state index in [2.05, 4.69) is 10.4 Å².